The maximum Gasteiger partial charge on any atom is 0.123 e. The number of benzene rings is 1. The van der Waals surface area contributed by atoms with Crippen LogP contribution in [0, 0.1) is 11.8 Å². The Labute approximate surface area is 105 Å². The lowest BCUT2D eigenvalue weighted by Crippen LogP contribution is -2.12. The lowest BCUT2D eigenvalue weighted by atomic mass is 9.99. The number of ether oxygens (including phenoxy) is 2. The van der Waals surface area contributed by atoms with Crippen LogP contribution in [-0.4, -0.2) is 13.2 Å². The van der Waals surface area contributed by atoms with Crippen molar-refractivity contribution < 1.29 is 9.47 Å². The second-order valence-electron chi connectivity index (χ2n) is 4.61. The topological polar surface area (TPSA) is 18.5 Å². The molecule has 0 N–H and O–H groups in total. The highest BCUT2D eigenvalue weighted by Crippen LogP contribution is 2.21. The average Bonchev–Trinajstić information content (AvgIpc) is 2.33. The summed E-state index contributed by atoms with van der Waals surface area (Å²) in [5, 5.41) is 0. The van der Waals surface area contributed by atoms with E-state index in [0.29, 0.717) is 12.5 Å². The van der Waals surface area contributed by atoms with Crippen molar-refractivity contribution in [2.75, 3.05) is 13.2 Å². The van der Waals surface area contributed by atoms with E-state index in [4.69, 9.17) is 9.47 Å². The minimum atomic E-state index is 0.564. The molecule has 0 aliphatic carbocycles. The summed E-state index contributed by atoms with van der Waals surface area (Å²) in [5.41, 5.74) is 0. The Hall–Kier alpha value is -1.18. The van der Waals surface area contributed by atoms with Crippen LogP contribution in [0.5, 0.6) is 11.5 Å². The Morgan fingerprint density at radius 1 is 1.18 bits per heavy atom. The van der Waals surface area contributed by atoms with Crippen LogP contribution in [0.1, 0.15) is 34.1 Å². The van der Waals surface area contributed by atoms with Gasteiger partial charge in [0.2, 0.25) is 0 Å². The molecule has 0 aliphatic heterocycles. The summed E-state index contributed by atoms with van der Waals surface area (Å²) in [6.07, 6.45) is 1.02. The van der Waals surface area contributed by atoms with Crippen molar-refractivity contribution in [1.29, 1.82) is 0 Å². The van der Waals surface area contributed by atoms with Crippen molar-refractivity contribution in [3.8, 4) is 11.5 Å². The van der Waals surface area contributed by atoms with Crippen LogP contribution in [0.2, 0.25) is 0 Å². The molecule has 0 spiro atoms. The van der Waals surface area contributed by atoms with Crippen molar-refractivity contribution >= 4 is 0 Å². The summed E-state index contributed by atoms with van der Waals surface area (Å²) < 4.78 is 11.3. The Balaban J connectivity index is 2.48. The van der Waals surface area contributed by atoms with Gasteiger partial charge in [0.15, 0.2) is 0 Å². The molecule has 17 heavy (non-hydrogen) atoms. The van der Waals surface area contributed by atoms with Gasteiger partial charge in [-0.2, -0.15) is 0 Å². The Bertz CT molecular complexity index is 320. The summed E-state index contributed by atoms with van der Waals surface area (Å²) in [5.74, 6) is 3.67. The van der Waals surface area contributed by atoms with Crippen molar-refractivity contribution in [2.45, 2.75) is 34.1 Å². The molecule has 0 aliphatic rings. The van der Waals surface area contributed by atoms with Crippen molar-refractivity contribution in [1.82, 2.24) is 0 Å². The molecule has 1 radical (unpaired) electrons. The Morgan fingerprint density at radius 2 is 1.82 bits per heavy atom. The van der Waals surface area contributed by atoms with Gasteiger partial charge in [0, 0.05) is 12.0 Å². The van der Waals surface area contributed by atoms with E-state index < -0.39 is 0 Å². The molecule has 0 fully saturated rings. The average molecular weight is 235 g/mol. The molecule has 0 saturated heterocycles. The standard InChI is InChI=1S/C15H23O2/c1-5-9-16-14-7-6-8-15(10-14)17-11-13(4)12(2)3/h6-8,10,12H,5,9,11H2,1-4H3. The Morgan fingerprint density at radius 3 is 2.41 bits per heavy atom. The fraction of sp³-hybridized carbons (Fsp3) is 0.533. The van der Waals surface area contributed by atoms with E-state index in [0.717, 1.165) is 24.5 Å². The summed E-state index contributed by atoms with van der Waals surface area (Å²) in [6, 6.07) is 7.84. The predicted octanol–water partition coefficient (Wildman–Crippen LogP) is 4.10. The molecule has 2 heteroatoms. The molecule has 1 rings (SSSR count). The van der Waals surface area contributed by atoms with E-state index in [2.05, 4.69) is 27.7 Å². The zero-order chi connectivity index (χ0) is 12.7. The quantitative estimate of drug-likeness (QED) is 0.708. The van der Waals surface area contributed by atoms with Crippen molar-refractivity contribution in [3.05, 3.63) is 30.2 Å². The molecule has 0 atom stereocenters. The van der Waals surface area contributed by atoms with Crippen LogP contribution >= 0.6 is 0 Å². The monoisotopic (exact) mass is 235 g/mol. The highest BCUT2D eigenvalue weighted by molar-refractivity contribution is 5.33. The lowest BCUT2D eigenvalue weighted by molar-refractivity contribution is 0.299. The summed E-state index contributed by atoms with van der Waals surface area (Å²) in [4.78, 5) is 0. The molecule has 0 amide bonds. The second kappa shape index (κ2) is 7.21. The predicted molar refractivity (Wildman–Crippen MR) is 71.5 cm³/mol. The molecule has 95 valence electrons. The third-order valence-electron chi connectivity index (χ3n) is 2.73. The number of hydrogen-bond acceptors (Lipinski definition) is 2. The van der Waals surface area contributed by atoms with Crippen LogP contribution in [0.25, 0.3) is 0 Å². The summed E-state index contributed by atoms with van der Waals surface area (Å²) in [6.45, 7) is 10.0. The minimum Gasteiger partial charge on any atom is -0.493 e. The van der Waals surface area contributed by atoms with Gasteiger partial charge in [-0.1, -0.05) is 33.8 Å². The van der Waals surface area contributed by atoms with Crippen molar-refractivity contribution in [3.63, 3.8) is 0 Å². The third kappa shape index (κ3) is 5.12. The van der Waals surface area contributed by atoms with Crippen LogP contribution in [0.4, 0.5) is 0 Å². The van der Waals surface area contributed by atoms with Crippen LogP contribution in [0.15, 0.2) is 24.3 Å². The first-order chi connectivity index (χ1) is 8.13. The first-order valence-corrected chi connectivity index (χ1v) is 6.31. The summed E-state index contributed by atoms with van der Waals surface area (Å²) >= 11 is 0. The SMILES string of the molecule is CCCOc1cccc(OC[C](C)C(C)C)c1. The molecule has 0 heterocycles. The number of rotatable bonds is 7. The maximum absolute atomic E-state index is 5.73. The molecule has 1 aromatic carbocycles. The van der Waals surface area contributed by atoms with E-state index >= 15 is 0 Å². The fourth-order valence-corrected chi connectivity index (χ4v) is 1.24. The van der Waals surface area contributed by atoms with Gasteiger partial charge in [-0.3, -0.25) is 0 Å². The van der Waals surface area contributed by atoms with E-state index in [1.54, 1.807) is 0 Å². The molecule has 2 nitrogen and oxygen atoms in total. The van der Waals surface area contributed by atoms with Crippen molar-refractivity contribution in [2.24, 2.45) is 5.92 Å². The highest BCUT2D eigenvalue weighted by Gasteiger charge is 2.08. The first-order valence-electron chi connectivity index (χ1n) is 6.31. The van der Waals surface area contributed by atoms with Gasteiger partial charge in [-0.05, 0) is 24.5 Å². The largest absolute Gasteiger partial charge is 0.493 e. The Kier molecular flexibility index (Phi) is 5.88. The molecule has 1 aromatic rings. The lowest BCUT2D eigenvalue weighted by Gasteiger charge is -2.16. The zero-order valence-electron chi connectivity index (χ0n) is 11.3. The molecule has 0 unspecified atom stereocenters. The van der Waals surface area contributed by atoms with Crippen LogP contribution in [-0.2, 0) is 0 Å². The third-order valence-corrected chi connectivity index (χ3v) is 2.73. The second-order valence-corrected chi connectivity index (χ2v) is 4.61. The van der Waals surface area contributed by atoms with Crippen LogP contribution in [0.3, 0.4) is 0 Å². The first kappa shape index (κ1) is 13.9. The van der Waals surface area contributed by atoms with Gasteiger partial charge in [0.1, 0.15) is 11.5 Å². The van der Waals surface area contributed by atoms with Gasteiger partial charge < -0.3 is 9.47 Å². The zero-order valence-corrected chi connectivity index (χ0v) is 11.3. The van der Waals surface area contributed by atoms with E-state index in [1.165, 1.54) is 5.92 Å². The smallest absolute Gasteiger partial charge is 0.123 e. The maximum atomic E-state index is 5.73. The van der Waals surface area contributed by atoms with E-state index in [1.807, 2.05) is 24.3 Å². The molecule has 0 bridgehead atoms. The normalized spacial score (nSPS) is 10.9. The molecular weight excluding hydrogens is 212 g/mol. The highest BCUT2D eigenvalue weighted by atomic mass is 16.5. The van der Waals surface area contributed by atoms with Gasteiger partial charge in [-0.15, -0.1) is 0 Å². The summed E-state index contributed by atoms with van der Waals surface area (Å²) in [7, 11) is 0. The minimum absolute atomic E-state index is 0.564. The van der Waals surface area contributed by atoms with Gasteiger partial charge in [0.05, 0.1) is 13.2 Å². The van der Waals surface area contributed by atoms with Gasteiger partial charge >= 0.3 is 0 Å². The van der Waals surface area contributed by atoms with Crippen LogP contribution < -0.4 is 9.47 Å². The molecular formula is C15H23O2. The fourth-order valence-electron chi connectivity index (χ4n) is 1.24. The van der Waals surface area contributed by atoms with Gasteiger partial charge in [-0.25, -0.2) is 0 Å². The van der Waals surface area contributed by atoms with Gasteiger partial charge in [0.25, 0.3) is 0 Å². The van der Waals surface area contributed by atoms with E-state index in [-0.39, 0.29) is 0 Å². The van der Waals surface area contributed by atoms with E-state index in [9.17, 15) is 0 Å². The number of hydrogen-bond donors (Lipinski definition) is 0. The molecule has 0 saturated carbocycles. The molecule has 0 aromatic heterocycles.